The first-order valence-electron chi connectivity index (χ1n) is 8.78. The Kier molecular flexibility index (Phi) is 6.81. The first-order chi connectivity index (χ1) is 13.8. The minimum atomic E-state index is -0.841. The molecule has 10 nitrogen and oxygen atoms in total. The van der Waals surface area contributed by atoms with E-state index in [1.54, 1.807) is 0 Å². The number of rotatable bonds is 8. The first kappa shape index (κ1) is 21.7. The number of benzene rings is 1. The van der Waals surface area contributed by atoms with Gasteiger partial charge in [0.2, 0.25) is 5.78 Å². The number of anilines is 1. The summed E-state index contributed by atoms with van der Waals surface area (Å²) in [5.41, 5.74) is 4.17. The molecule has 2 rings (SSSR count). The van der Waals surface area contributed by atoms with E-state index in [0.29, 0.717) is 17.9 Å². The quantitative estimate of drug-likeness (QED) is 0.499. The van der Waals surface area contributed by atoms with Crippen molar-refractivity contribution in [3.8, 4) is 11.5 Å². The van der Waals surface area contributed by atoms with Crippen molar-refractivity contribution in [2.24, 2.45) is 7.05 Å². The number of nitrogens with zero attached hydrogens (tertiary/aromatic N) is 2. The molecular formula is C19H23N3O7. The zero-order valence-electron chi connectivity index (χ0n) is 16.7. The molecule has 2 aromatic rings. The average molecular weight is 405 g/mol. The molecule has 0 atom stereocenters. The molecule has 0 aliphatic rings. The van der Waals surface area contributed by atoms with E-state index in [4.69, 9.17) is 19.9 Å². The molecule has 0 spiro atoms. The molecule has 10 heteroatoms. The highest BCUT2D eigenvalue weighted by Crippen LogP contribution is 2.27. The van der Waals surface area contributed by atoms with Crippen molar-refractivity contribution >= 4 is 17.6 Å². The molecule has 1 aromatic carbocycles. The number of Topliss-reactive ketones (excluding diaryl/α,β-unsaturated/α-hetero) is 1. The van der Waals surface area contributed by atoms with Crippen molar-refractivity contribution in [1.29, 1.82) is 0 Å². The molecule has 2 N–H and O–H groups in total. The van der Waals surface area contributed by atoms with Gasteiger partial charge in [-0.25, -0.2) is 9.59 Å². The van der Waals surface area contributed by atoms with Gasteiger partial charge in [-0.15, -0.1) is 0 Å². The molecule has 1 heterocycles. The molecule has 29 heavy (non-hydrogen) atoms. The number of nitrogen functional groups attached to an aromatic ring is 1. The number of hydrogen-bond acceptors (Lipinski definition) is 8. The summed E-state index contributed by atoms with van der Waals surface area (Å²) in [6, 6.07) is 4.37. The molecule has 0 bridgehead atoms. The molecular weight excluding hydrogens is 382 g/mol. The van der Waals surface area contributed by atoms with Gasteiger partial charge in [-0.3, -0.25) is 18.7 Å². The smallest absolute Gasteiger partial charge is 0.338 e. The van der Waals surface area contributed by atoms with Crippen molar-refractivity contribution < 1.29 is 23.8 Å². The average Bonchev–Trinajstić information content (AvgIpc) is 2.73. The second-order valence-electron chi connectivity index (χ2n) is 6.13. The van der Waals surface area contributed by atoms with E-state index >= 15 is 0 Å². The van der Waals surface area contributed by atoms with Crippen LogP contribution in [0.3, 0.4) is 0 Å². The van der Waals surface area contributed by atoms with Gasteiger partial charge >= 0.3 is 11.7 Å². The van der Waals surface area contributed by atoms with E-state index in [1.165, 1.54) is 39.5 Å². The van der Waals surface area contributed by atoms with E-state index in [-0.39, 0.29) is 23.5 Å². The Morgan fingerprint density at radius 1 is 1.10 bits per heavy atom. The first-order valence-corrected chi connectivity index (χ1v) is 8.78. The highest BCUT2D eigenvalue weighted by Gasteiger charge is 2.23. The van der Waals surface area contributed by atoms with Crippen molar-refractivity contribution in [3.63, 3.8) is 0 Å². The molecule has 0 radical (unpaired) electrons. The second-order valence-corrected chi connectivity index (χ2v) is 6.13. The number of carbonyl (C=O) groups is 2. The van der Waals surface area contributed by atoms with Crippen LogP contribution in [0.5, 0.6) is 11.5 Å². The Morgan fingerprint density at radius 2 is 1.76 bits per heavy atom. The third kappa shape index (κ3) is 4.31. The lowest BCUT2D eigenvalue weighted by atomic mass is 10.2. The SMILES string of the molecule is CCCn1c(N)c(C(=O)COC(=O)c2ccc(OC)c(OC)c2)c(=O)n(C)c1=O. The van der Waals surface area contributed by atoms with Gasteiger partial charge in [0.05, 0.1) is 19.8 Å². The minimum absolute atomic E-state index is 0.132. The highest BCUT2D eigenvalue weighted by molar-refractivity contribution is 6.02. The molecule has 0 unspecified atom stereocenters. The fourth-order valence-electron chi connectivity index (χ4n) is 2.73. The standard InChI is InChI=1S/C19H23N3O7/c1-5-8-22-16(20)15(17(24)21(2)19(22)26)12(23)10-29-18(25)11-6-7-13(27-3)14(9-11)28-4/h6-7,9H,5,8,10,20H2,1-4H3. The summed E-state index contributed by atoms with van der Waals surface area (Å²) in [7, 11) is 4.13. The number of ether oxygens (including phenoxy) is 3. The van der Waals surface area contributed by atoms with Crippen LogP contribution in [0.1, 0.15) is 34.1 Å². The number of aromatic nitrogens is 2. The Labute approximate surface area is 166 Å². The van der Waals surface area contributed by atoms with Gasteiger partial charge < -0.3 is 19.9 Å². The monoisotopic (exact) mass is 405 g/mol. The van der Waals surface area contributed by atoms with E-state index < -0.39 is 29.6 Å². The number of nitrogens with two attached hydrogens (primary N) is 1. The van der Waals surface area contributed by atoms with Crippen molar-refractivity contribution in [3.05, 3.63) is 50.2 Å². The summed E-state index contributed by atoms with van der Waals surface area (Å²) in [4.78, 5) is 49.3. The van der Waals surface area contributed by atoms with Gasteiger partial charge in [0.25, 0.3) is 5.56 Å². The summed E-state index contributed by atoms with van der Waals surface area (Å²) in [6.07, 6.45) is 0.574. The number of ketones is 1. The Balaban J connectivity index is 2.27. The van der Waals surface area contributed by atoms with Crippen LogP contribution in [0.4, 0.5) is 5.82 Å². The summed E-state index contributed by atoms with van der Waals surface area (Å²) in [5.74, 6) is -1.10. The van der Waals surface area contributed by atoms with Crippen LogP contribution < -0.4 is 26.5 Å². The van der Waals surface area contributed by atoms with Gasteiger partial charge in [-0.1, -0.05) is 6.92 Å². The lowest BCUT2D eigenvalue weighted by molar-refractivity contribution is 0.0474. The fourth-order valence-corrected chi connectivity index (χ4v) is 2.73. The molecule has 0 saturated carbocycles. The third-order valence-electron chi connectivity index (χ3n) is 4.26. The maximum Gasteiger partial charge on any atom is 0.338 e. The van der Waals surface area contributed by atoms with Crippen LogP contribution in [-0.2, 0) is 18.3 Å². The van der Waals surface area contributed by atoms with Gasteiger partial charge in [-0.2, -0.15) is 0 Å². The summed E-state index contributed by atoms with van der Waals surface area (Å²) in [5, 5.41) is 0. The van der Waals surface area contributed by atoms with Gasteiger partial charge in [0.1, 0.15) is 11.4 Å². The maximum atomic E-state index is 12.5. The number of carbonyl (C=O) groups excluding carboxylic acids is 2. The Bertz CT molecular complexity index is 1050. The molecule has 0 saturated heterocycles. The Hall–Kier alpha value is -3.56. The van der Waals surface area contributed by atoms with E-state index in [2.05, 4.69) is 0 Å². The van der Waals surface area contributed by atoms with E-state index in [0.717, 1.165) is 9.13 Å². The third-order valence-corrected chi connectivity index (χ3v) is 4.26. The minimum Gasteiger partial charge on any atom is -0.493 e. The predicted octanol–water partition coefficient (Wildman–Crippen LogP) is 0.596. The van der Waals surface area contributed by atoms with Crippen molar-refractivity contribution in [1.82, 2.24) is 9.13 Å². The lowest BCUT2D eigenvalue weighted by Gasteiger charge is -2.14. The van der Waals surface area contributed by atoms with Crippen molar-refractivity contribution in [2.45, 2.75) is 19.9 Å². The van der Waals surface area contributed by atoms with Crippen molar-refractivity contribution in [2.75, 3.05) is 26.6 Å². The van der Waals surface area contributed by atoms with Crippen LogP contribution in [0, 0.1) is 0 Å². The Morgan fingerprint density at radius 3 is 2.34 bits per heavy atom. The topological polar surface area (TPSA) is 132 Å². The normalized spacial score (nSPS) is 10.5. The van der Waals surface area contributed by atoms with Crippen LogP contribution in [0.25, 0.3) is 0 Å². The maximum absolute atomic E-state index is 12.5. The zero-order valence-corrected chi connectivity index (χ0v) is 16.7. The summed E-state index contributed by atoms with van der Waals surface area (Å²) < 4.78 is 17.2. The van der Waals surface area contributed by atoms with Gasteiger partial charge in [0.15, 0.2) is 18.1 Å². The summed E-state index contributed by atoms with van der Waals surface area (Å²) in [6.45, 7) is 1.35. The molecule has 156 valence electrons. The van der Waals surface area contributed by atoms with Gasteiger partial charge in [0, 0.05) is 13.6 Å². The second kappa shape index (κ2) is 9.09. The fraction of sp³-hybridized carbons (Fsp3) is 0.368. The van der Waals surface area contributed by atoms with Gasteiger partial charge in [-0.05, 0) is 24.6 Å². The zero-order chi connectivity index (χ0) is 21.7. The van der Waals surface area contributed by atoms with E-state index in [9.17, 15) is 19.2 Å². The molecule has 0 aliphatic carbocycles. The molecule has 0 fully saturated rings. The number of esters is 1. The van der Waals surface area contributed by atoms with Crippen LogP contribution >= 0.6 is 0 Å². The van der Waals surface area contributed by atoms with Crippen LogP contribution in [-0.4, -0.2) is 41.7 Å². The number of methoxy groups -OCH3 is 2. The number of hydrogen-bond donors (Lipinski definition) is 1. The van der Waals surface area contributed by atoms with Crippen LogP contribution in [0.2, 0.25) is 0 Å². The lowest BCUT2D eigenvalue weighted by Crippen LogP contribution is -2.43. The largest absolute Gasteiger partial charge is 0.493 e. The summed E-state index contributed by atoms with van der Waals surface area (Å²) >= 11 is 0. The van der Waals surface area contributed by atoms with E-state index in [1.807, 2.05) is 6.92 Å². The predicted molar refractivity (Wildman–Crippen MR) is 105 cm³/mol. The highest BCUT2D eigenvalue weighted by atomic mass is 16.5. The molecule has 0 aliphatic heterocycles. The van der Waals surface area contributed by atoms with Crippen LogP contribution in [0.15, 0.2) is 27.8 Å². The molecule has 0 amide bonds. The molecule has 1 aromatic heterocycles.